The Bertz CT molecular complexity index is 500. The van der Waals surface area contributed by atoms with Crippen LogP contribution in [0, 0.1) is 0 Å². The lowest BCUT2D eigenvalue weighted by molar-refractivity contribution is 0.369. The van der Waals surface area contributed by atoms with Gasteiger partial charge in [-0.05, 0) is 32.0 Å². The fourth-order valence-electron chi connectivity index (χ4n) is 1.66. The number of rotatable bonds is 4. The molecule has 0 aromatic heterocycles. The molecule has 1 aromatic carbocycles. The van der Waals surface area contributed by atoms with Gasteiger partial charge >= 0.3 is 0 Å². The van der Waals surface area contributed by atoms with Gasteiger partial charge in [0.2, 0.25) is 10.0 Å². The molecule has 0 aliphatic carbocycles. The summed E-state index contributed by atoms with van der Waals surface area (Å²) in [5.41, 5.74) is 5.98. The summed E-state index contributed by atoms with van der Waals surface area (Å²) in [6, 6.07) is 4.34. The van der Waals surface area contributed by atoms with Crippen molar-refractivity contribution in [3.63, 3.8) is 0 Å². The Morgan fingerprint density at radius 3 is 2.47 bits per heavy atom. The molecule has 0 unspecified atom stereocenters. The van der Waals surface area contributed by atoms with Gasteiger partial charge in [0.05, 0.1) is 5.02 Å². The first kappa shape index (κ1) is 14.3. The normalized spacial score (nSPS) is 12.4. The Labute approximate surface area is 107 Å². The van der Waals surface area contributed by atoms with Crippen LogP contribution in [0.2, 0.25) is 5.02 Å². The van der Waals surface area contributed by atoms with Crippen molar-refractivity contribution in [2.24, 2.45) is 0 Å². The first-order valence-electron chi connectivity index (χ1n) is 5.37. The van der Waals surface area contributed by atoms with Crippen LogP contribution >= 0.6 is 11.6 Å². The minimum Gasteiger partial charge on any atom is -0.399 e. The fourth-order valence-corrected chi connectivity index (χ4v) is 3.81. The Morgan fingerprint density at radius 1 is 1.41 bits per heavy atom. The van der Waals surface area contributed by atoms with Crippen LogP contribution in [0.3, 0.4) is 0 Å². The summed E-state index contributed by atoms with van der Waals surface area (Å²) in [5.74, 6) is 0. The van der Waals surface area contributed by atoms with Crippen molar-refractivity contribution in [1.29, 1.82) is 0 Å². The summed E-state index contributed by atoms with van der Waals surface area (Å²) in [6.07, 6.45) is 0. The summed E-state index contributed by atoms with van der Waals surface area (Å²) < 4.78 is 26.1. The second-order valence-corrected chi connectivity index (χ2v) is 6.26. The van der Waals surface area contributed by atoms with Crippen molar-refractivity contribution in [3.8, 4) is 0 Å². The maximum absolute atomic E-state index is 12.4. The Morgan fingerprint density at radius 2 is 2.00 bits per heavy atom. The molecular weight excluding hydrogens is 260 g/mol. The van der Waals surface area contributed by atoms with Gasteiger partial charge in [-0.15, -0.1) is 0 Å². The van der Waals surface area contributed by atoms with Crippen molar-refractivity contribution in [1.82, 2.24) is 4.31 Å². The van der Waals surface area contributed by atoms with Crippen LogP contribution in [-0.2, 0) is 10.0 Å². The van der Waals surface area contributed by atoms with Crippen LogP contribution in [0.15, 0.2) is 23.1 Å². The second-order valence-electron chi connectivity index (χ2n) is 3.99. The molecule has 0 aliphatic rings. The molecule has 0 aliphatic heterocycles. The number of sulfonamides is 1. The quantitative estimate of drug-likeness (QED) is 0.859. The summed E-state index contributed by atoms with van der Waals surface area (Å²) in [4.78, 5) is 0.0646. The lowest BCUT2D eigenvalue weighted by atomic mass is 10.3. The minimum atomic E-state index is -3.58. The van der Waals surface area contributed by atoms with Gasteiger partial charge in [-0.25, -0.2) is 8.42 Å². The summed E-state index contributed by atoms with van der Waals surface area (Å²) >= 11 is 5.93. The average molecular weight is 277 g/mol. The van der Waals surface area contributed by atoms with E-state index in [0.29, 0.717) is 12.2 Å². The maximum Gasteiger partial charge on any atom is 0.244 e. The van der Waals surface area contributed by atoms with E-state index in [2.05, 4.69) is 0 Å². The number of nitrogen functional groups attached to an aromatic ring is 1. The number of nitrogens with two attached hydrogens (primary N) is 1. The minimum absolute atomic E-state index is 0.0646. The average Bonchev–Trinajstić information content (AvgIpc) is 2.21. The molecule has 0 saturated heterocycles. The monoisotopic (exact) mass is 276 g/mol. The molecule has 0 heterocycles. The van der Waals surface area contributed by atoms with Crippen LogP contribution in [-0.4, -0.2) is 25.3 Å². The molecule has 6 heteroatoms. The number of anilines is 1. The molecule has 0 spiro atoms. The van der Waals surface area contributed by atoms with E-state index in [0.717, 1.165) is 0 Å². The molecule has 0 bridgehead atoms. The Balaban J connectivity index is 3.35. The van der Waals surface area contributed by atoms with Gasteiger partial charge in [-0.3, -0.25) is 0 Å². The van der Waals surface area contributed by atoms with Crippen molar-refractivity contribution >= 4 is 27.3 Å². The highest BCUT2D eigenvalue weighted by molar-refractivity contribution is 7.89. The zero-order chi connectivity index (χ0) is 13.2. The predicted molar refractivity (Wildman–Crippen MR) is 70.6 cm³/mol. The van der Waals surface area contributed by atoms with Crippen LogP contribution in [0.4, 0.5) is 5.69 Å². The SMILES string of the molecule is CCN(C(C)C)S(=O)(=O)c1cc(N)ccc1Cl. The van der Waals surface area contributed by atoms with E-state index in [9.17, 15) is 8.42 Å². The standard InChI is InChI=1S/C11H17ClN2O2S/c1-4-14(8(2)3)17(15,16)11-7-9(13)5-6-10(11)12/h5-8H,4,13H2,1-3H3. The largest absolute Gasteiger partial charge is 0.399 e. The van der Waals surface area contributed by atoms with Crippen molar-refractivity contribution < 1.29 is 8.42 Å². The van der Waals surface area contributed by atoms with Crippen LogP contribution in [0.5, 0.6) is 0 Å². The van der Waals surface area contributed by atoms with Crippen LogP contribution in [0.25, 0.3) is 0 Å². The Hall–Kier alpha value is -0.780. The van der Waals surface area contributed by atoms with Gasteiger partial charge < -0.3 is 5.73 Å². The highest BCUT2D eigenvalue weighted by Crippen LogP contribution is 2.27. The van der Waals surface area contributed by atoms with E-state index >= 15 is 0 Å². The smallest absolute Gasteiger partial charge is 0.244 e. The van der Waals surface area contributed by atoms with E-state index in [1.807, 2.05) is 13.8 Å². The zero-order valence-corrected chi connectivity index (χ0v) is 11.7. The highest BCUT2D eigenvalue weighted by Gasteiger charge is 2.27. The molecule has 0 amide bonds. The van der Waals surface area contributed by atoms with Crippen molar-refractivity contribution in [2.75, 3.05) is 12.3 Å². The fraction of sp³-hybridized carbons (Fsp3) is 0.455. The van der Waals surface area contributed by atoms with Crippen LogP contribution < -0.4 is 5.73 Å². The molecule has 1 aromatic rings. The highest BCUT2D eigenvalue weighted by atomic mass is 35.5. The van der Waals surface area contributed by atoms with E-state index in [-0.39, 0.29) is 16.0 Å². The number of hydrogen-bond donors (Lipinski definition) is 1. The van der Waals surface area contributed by atoms with Gasteiger partial charge in [0.15, 0.2) is 0 Å². The van der Waals surface area contributed by atoms with Gasteiger partial charge in [-0.1, -0.05) is 18.5 Å². The van der Waals surface area contributed by atoms with Crippen LogP contribution in [0.1, 0.15) is 20.8 Å². The van der Waals surface area contributed by atoms with E-state index in [1.54, 1.807) is 13.0 Å². The number of hydrogen-bond acceptors (Lipinski definition) is 3. The third kappa shape index (κ3) is 2.91. The molecule has 17 heavy (non-hydrogen) atoms. The van der Waals surface area contributed by atoms with E-state index in [4.69, 9.17) is 17.3 Å². The Kier molecular flexibility index (Phi) is 4.41. The maximum atomic E-state index is 12.4. The van der Waals surface area contributed by atoms with Crippen molar-refractivity contribution in [3.05, 3.63) is 23.2 Å². The van der Waals surface area contributed by atoms with Gasteiger partial charge in [0.25, 0.3) is 0 Å². The topological polar surface area (TPSA) is 63.4 Å². The lowest BCUT2D eigenvalue weighted by Gasteiger charge is -2.24. The number of benzene rings is 1. The van der Waals surface area contributed by atoms with Gasteiger partial charge in [-0.2, -0.15) is 4.31 Å². The molecule has 0 saturated carbocycles. The number of nitrogens with zero attached hydrogens (tertiary/aromatic N) is 1. The van der Waals surface area contributed by atoms with E-state index < -0.39 is 10.0 Å². The number of halogens is 1. The summed E-state index contributed by atoms with van der Waals surface area (Å²) in [6.45, 7) is 5.82. The summed E-state index contributed by atoms with van der Waals surface area (Å²) in [5, 5.41) is 0.193. The first-order chi connectivity index (χ1) is 7.80. The molecule has 4 nitrogen and oxygen atoms in total. The van der Waals surface area contributed by atoms with Crippen molar-refractivity contribution in [2.45, 2.75) is 31.7 Å². The third-order valence-electron chi connectivity index (χ3n) is 2.43. The van der Waals surface area contributed by atoms with E-state index in [1.165, 1.54) is 16.4 Å². The molecular formula is C11H17ClN2O2S. The van der Waals surface area contributed by atoms with Gasteiger partial charge in [0, 0.05) is 18.3 Å². The molecule has 0 atom stereocenters. The molecule has 2 N–H and O–H groups in total. The molecule has 0 fully saturated rings. The predicted octanol–water partition coefficient (Wildman–Crippen LogP) is 2.34. The van der Waals surface area contributed by atoms with Gasteiger partial charge in [0.1, 0.15) is 4.90 Å². The second kappa shape index (κ2) is 5.25. The summed E-state index contributed by atoms with van der Waals surface area (Å²) in [7, 11) is -3.58. The third-order valence-corrected chi connectivity index (χ3v) is 5.06. The molecule has 96 valence electrons. The molecule has 1 rings (SSSR count). The molecule has 0 radical (unpaired) electrons. The first-order valence-corrected chi connectivity index (χ1v) is 7.19. The zero-order valence-electron chi connectivity index (χ0n) is 10.1. The lowest BCUT2D eigenvalue weighted by Crippen LogP contribution is -2.36.